The molecule has 1 aliphatic carbocycles. The molecule has 0 atom stereocenters. The minimum Gasteiger partial charge on any atom is -0.477 e. The topological polar surface area (TPSA) is 81.5 Å². The lowest BCUT2D eigenvalue weighted by molar-refractivity contribution is -0.385. The van der Waals surface area contributed by atoms with Crippen LogP contribution >= 0.6 is 0 Å². The number of ether oxygens (including phenoxy) is 1. The lowest BCUT2D eigenvalue weighted by Crippen LogP contribution is -2.37. The van der Waals surface area contributed by atoms with Crippen molar-refractivity contribution in [1.82, 2.24) is 5.32 Å². The van der Waals surface area contributed by atoms with Gasteiger partial charge in [0.1, 0.15) is 0 Å². The molecule has 0 unspecified atom stereocenters. The van der Waals surface area contributed by atoms with Crippen LogP contribution in [0.2, 0.25) is 0 Å². The number of hydrogen-bond acceptors (Lipinski definition) is 4. The summed E-state index contributed by atoms with van der Waals surface area (Å²) in [4.78, 5) is 22.2. The lowest BCUT2D eigenvalue weighted by Gasteiger charge is -2.16. The number of para-hydroxylation sites is 2. The van der Waals surface area contributed by atoms with Crippen LogP contribution in [0.1, 0.15) is 38.5 Å². The maximum atomic E-state index is 11.9. The van der Waals surface area contributed by atoms with Crippen molar-refractivity contribution in [1.29, 1.82) is 0 Å². The number of amides is 1. The molecule has 0 bridgehead atoms. The molecule has 0 radical (unpaired) electrons. The van der Waals surface area contributed by atoms with Crippen LogP contribution < -0.4 is 10.1 Å². The van der Waals surface area contributed by atoms with E-state index < -0.39 is 4.92 Å². The van der Waals surface area contributed by atoms with Crippen molar-refractivity contribution < 1.29 is 14.5 Å². The van der Waals surface area contributed by atoms with Gasteiger partial charge in [0.25, 0.3) is 5.91 Å². The number of nitrogens with one attached hydrogen (secondary N) is 1. The van der Waals surface area contributed by atoms with E-state index in [1.807, 2.05) is 0 Å². The van der Waals surface area contributed by atoms with Gasteiger partial charge in [-0.25, -0.2) is 0 Å². The van der Waals surface area contributed by atoms with E-state index in [1.165, 1.54) is 25.0 Å². The van der Waals surface area contributed by atoms with Gasteiger partial charge in [0.15, 0.2) is 12.4 Å². The number of carbonyl (C=O) groups excluding carboxylic acids is 1. The first-order valence-corrected chi connectivity index (χ1v) is 7.32. The normalized spacial score (nSPS) is 16.0. The van der Waals surface area contributed by atoms with E-state index in [1.54, 1.807) is 12.1 Å². The maximum absolute atomic E-state index is 11.9. The molecule has 1 N–H and O–H groups in total. The molecule has 21 heavy (non-hydrogen) atoms. The van der Waals surface area contributed by atoms with Crippen LogP contribution in [-0.2, 0) is 4.79 Å². The van der Waals surface area contributed by atoms with Gasteiger partial charge in [0.2, 0.25) is 0 Å². The summed E-state index contributed by atoms with van der Waals surface area (Å²) in [6.45, 7) is -0.193. The summed E-state index contributed by atoms with van der Waals surface area (Å²) >= 11 is 0. The number of nitrogens with zero attached hydrogens (tertiary/aromatic N) is 1. The number of carbonyl (C=O) groups is 1. The number of nitro groups is 1. The monoisotopic (exact) mass is 292 g/mol. The molecule has 1 aromatic carbocycles. The Morgan fingerprint density at radius 1 is 1.24 bits per heavy atom. The zero-order chi connectivity index (χ0) is 15.1. The third-order valence-corrected chi connectivity index (χ3v) is 3.64. The number of nitro benzene ring substituents is 1. The van der Waals surface area contributed by atoms with E-state index in [2.05, 4.69) is 5.32 Å². The van der Waals surface area contributed by atoms with Crippen LogP contribution in [0.25, 0.3) is 0 Å². The fourth-order valence-electron chi connectivity index (χ4n) is 2.57. The average molecular weight is 292 g/mol. The van der Waals surface area contributed by atoms with Crippen molar-refractivity contribution in [3.8, 4) is 5.75 Å². The molecular formula is C15H20N2O4. The molecule has 0 aromatic heterocycles. The van der Waals surface area contributed by atoms with Crippen molar-refractivity contribution in [3.63, 3.8) is 0 Å². The lowest BCUT2D eigenvalue weighted by atomic mass is 10.1. The van der Waals surface area contributed by atoms with E-state index in [4.69, 9.17) is 4.74 Å². The molecule has 1 fully saturated rings. The van der Waals surface area contributed by atoms with Gasteiger partial charge < -0.3 is 10.1 Å². The predicted molar refractivity (Wildman–Crippen MR) is 78.2 cm³/mol. The molecule has 0 spiro atoms. The summed E-state index contributed by atoms with van der Waals surface area (Å²) in [6.07, 6.45) is 6.71. The fourth-order valence-corrected chi connectivity index (χ4v) is 2.57. The van der Waals surface area contributed by atoms with Gasteiger partial charge in [-0.15, -0.1) is 0 Å². The summed E-state index contributed by atoms with van der Waals surface area (Å²) in [7, 11) is 0. The molecule has 114 valence electrons. The van der Waals surface area contributed by atoms with E-state index in [9.17, 15) is 14.9 Å². The van der Waals surface area contributed by atoms with Gasteiger partial charge >= 0.3 is 5.69 Å². The van der Waals surface area contributed by atoms with Crippen molar-refractivity contribution in [3.05, 3.63) is 34.4 Å². The van der Waals surface area contributed by atoms with Crippen molar-refractivity contribution in [2.45, 2.75) is 44.6 Å². The quantitative estimate of drug-likeness (QED) is 0.514. The van der Waals surface area contributed by atoms with E-state index in [-0.39, 0.29) is 30.0 Å². The molecule has 1 aliphatic rings. The third kappa shape index (κ3) is 4.73. The maximum Gasteiger partial charge on any atom is 0.310 e. The molecule has 2 rings (SSSR count). The molecule has 1 aromatic rings. The Morgan fingerprint density at radius 3 is 2.57 bits per heavy atom. The minimum atomic E-state index is -0.515. The van der Waals surface area contributed by atoms with Crippen molar-refractivity contribution >= 4 is 11.6 Å². The molecule has 6 heteroatoms. The van der Waals surface area contributed by atoms with Crippen LogP contribution in [-0.4, -0.2) is 23.5 Å². The summed E-state index contributed by atoms with van der Waals surface area (Å²) in [5, 5.41) is 13.8. The summed E-state index contributed by atoms with van der Waals surface area (Å²) in [5.74, 6) is -0.0985. The highest BCUT2D eigenvalue weighted by atomic mass is 16.6. The molecular weight excluding hydrogens is 272 g/mol. The first-order chi connectivity index (χ1) is 10.2. The van der Waals surface area contributed by atoms with E-state index in [0.717, 1.165) is 25.7 Å². The van der Waals surface area contributed by atoms with Crippen LogP contribution in [0.5, 0.6) is 5.75 Å². The van der Waals surface area contributed by atoms with Crippen LogP contribution in [0.3, 0.4) is 0 Å². The molecule has 1 saturated carbocycles. The van der Waals surface area contributed by atoms with Gasteiger partial charge in [-0.05, 0) is 18.9 Å². The Morgan fingerprint density at radius 2 is 1.90 bits per heavy atom. The van der Waals surface area contributed by atoms with Crippen molar-refractivity contribution in [2.75, 3.05) is 6.61 Å². The molecule has 0 aliphatic heterocycles. The molecule has 6 nitrogen and oxygen atoms in total. The molecule has 0 heterocycles. The summed E-state index contributed by atoms with van der Waals surface area (Å²) in [6, 6.07) is 6.27. The Balaban J connectivity index is 1.85. The van der Waals surface area contributed by atoms with Gasteiger partial charge in [-0.3, -0.25) is 14.9 Å². The number of hydrogen-bond donors (Lipinski definition) is 1. The van der Waals surface area contributed by atoms with Gasteiger partial charge in [-0.2, -0.15) is 0 Å². The Labute approximate surface area is 123 Å². The Hall–Kier alpha value is -2.11. The van der Waals surface area contributed by atoms with E-state index in [0.29, 0.717) is 0 Å². The van der Waals surface area contributed by atoms with Gasteiger partial charge in [0.05, 0.1) is 4.92 Å². The van der Waals surface area contributed by atoms with E-state index >= 15 is 0 Å². The standard InChI is InChI=1S/C15H20N2O4/c18-15(16-12-7-3-1-2-4-8-12)11-21-14-10-6-5-9-13(14)17(19)20/h5-6,9-10,12H,1-4,7-8,11H2,(H,16,18). The highest BCUT2D eigenvalue weighted by Gasteiger charge is 2.17. The van der Waals surface area contributed by atoms with Crippen LogP contribution in [0.4, 0.5) is 5.69 Å². The smallest absolute Gasteiger partial charge is 0.310 e. The van der Waals surface area contributed by atoms with Crippen LogP contribution in [0, 0.1) is 10.1 Å². The zero-order valence-corrected chi connectivity index (χ0v) is 11.9. The predicted octanol–water partition coefficient (Wildman–Crippen LogP) is 2.81. The van der Waals surface area contributed by atoms with Crippen LogP contribution in [0.15, 0.2) is 24.3 Å². The molecule has 1 amide bonds. The summed E-state index contributed by atoms with van der Waals surface area (Å²) in [5.41, 5.74) is -0.125. The third-order valence-electron chi connectivity index (χ3n) is 3.64. The Kier molecular flexibility index (Phi) is 5.54. The Bertz CT molecular complexity index is 496. The number of rotatable bonds is 5. The fraction of sp³-hybridized carbons (Fsp3) is 0.533. The van der Waals surface area contributed by atoms with Crippen molar-refractivity contribution in [2.24, 2.45) is 0 Å². The SMILES string of the molecule is O=C(COc1ccccc1[N+](=O)[O-])NC1CCCCCC1. The minimum absolute atomic E-state index is 0.124. The highest BCUT2D eigenvalue weighted by Crippen LogP contribution is 2.25. The first-order valence-electron chi connectivity index (χ1n) is 7.32. The summed E-state index contributed by atoms with van der Waals surface area (Å²) < 4.78 is 5.28. The second-order valence-corrected chi connectivity index (χ2v) is 5.27. The zero-order valence-electron chi connectivity index (χ0n) is 11.9. The average Bonchev–Trinajstić information content (AvgIpc) is 2.74. The van der Waals surface area contributed by atoms with Gasteiger partial charge in [-0.1, -0.05) is 37.8 Å². The first kappa shape index (κ1) is 15.3. The second kappa shape index (κ2) is 7.61. The molecule has 0 saturated heterocycles. The number of benzene rings is 1. The van der Waals surface area contributed by atoms with Gasteiger partial charge in [0, 0.05) is 12.1 Å². The largest absolute Gasteiger partial charge is 0.477 e. The second-order valence-electron chi connectivity index (χ2n) is 5.27. The highest BCUT2D eigenvalue weighted by molar-refractivity contribution is 5.78.